The number of aromatic nitrogens is 1. The van der Waals surface area contributed by atoms with Gasteiger partial charge in [-0.25, -0.2) is 4.98 Å². The highest BCUT2D eigenvalue weighted by Gasteiger charge is 2.12. The first-order chi connectivity index (χ1) is 10.9. The Hall–Kier alpha value is -2.29. The topological polar surface area (TPSA) is 25.4 Å². The number of anilines is 1. The van der Waals surface area contributed by atoms with Gasteiger partial charge in [-0.15, -0.1) is 0 Å². The van der Waals surface area contributed by atoms with Gasteiger partial charge in [-0.2, -0.15) is 0 Å². The zero-order chi connectivity index (χ0) is 14.8. The van der Waals surface area contributed by atoms with Gasteiger partial charge in [-0.05, 0) is 49.1 Å². The summed E-state index contributed by atoms with van der Waals surface area (Å²) in [6.45, 7) is 2.29. The van der Waals surface area contributed by atoms with Gasteiger partial charge >= 0.3 is 0 Å². The minimum absolute atomic E-state index is 0.670. The minimum Gasteiger partial charge on any atom is -0.439 e. The Bertz CT molecular complexity index is 791. The molecule has 1 aliphatic carbocycles. The van der Waals surface area contributed by atoms with Crippen LogP contribution in [0.5, 0.6) is 11.6 Å². The molecule has 0 unspecified atom stereocenters. The normalized spacial score (nSPS) is 16.6. The van der Waals surface area contributed by atoms with Crippen molar-refractivity contribution in [3.63, 3.8) is 0 Å². The Morgan fingerprint density at radius 1 is 0.955 bits per heavy atom. The Balaban J connectivity index is 1.60. The number of ether oxygens (including phenoxy) is 1. The molecule has 112 valence electrons. The van der Waals surface area contributed by atoms with E-state index in [2.05, 4.69) is 46.3 Å². The molecule has 0 radical (unpaired) electrons. The fraction of sp³-hybridized carbons (Fsp3) is 0.316. The highest BCUT2D eigenvalue weighted by Crippen LogP contribution is 2.26. The highest BCUT2D eigenvalue weighted by molar-refractivity contribution is 5.52. The molecule has 1 saturated heterocycles. The van der Waals surface area contributed by atoms with E-state index in [0.29, 0.717) is 5.88 Å². The molecule has 0 bridgehead atoms. The van der Waals surface area contributed by atoms with Crippen LogP contribution in [0.2, 0.25) is 0 Å². The van der Waals surface area contributed by atoms with E-state index in [9.17, 15) is 0 Å². The second-order valence-corrected chi connectivity index (χ2v) is 5.90. The number of pyridine rings is 1. The first kappa shape index (κ1) is 13.4. The lowest BCUT2D eigenvalue weighted by molar-refractivity contribution is 0.461. The second kappa shape index (κ2) is 5.84. The Labute approximate surface area is 130 Å². The Morgan fingerprint density at radius 2 is 1.82 bits per heavy atom. The first-order valence-electron chi connectivity index (χ1n) is 8.09. The van der Waals surface area contributed by atoms with Gasteiger partial charge in [-0.1, -0.05) is 18.2 Å². The predicted molar refractivity (Wildman–Crippen MR) is 89.6 cm³/mol. The third-order valence-electron chi connectivity index (χ3n) is 4.31. The van der Waals surface area contributed by atoms with E-state index in [4.69, 9.17) is 4.74 Å². The molecule has 1 fully saturated rings. The molecule has 0 N–H and O–H groups in total. The van der Waals surface area contributed by atoms with Crippen molar-refractivity contribution in [2.24, 2.45) is 0 Å². The van der Waals surface area contributed by atoms with Crippen LogP contribution in [0.25, 0.3) is 12.2 Å². The van der Waals surface area contributed by atoms with Crippen molar-refractivity contribution in [3.8, 4) is 11.6 Å². The highest BCUT2D eigenvalue weighted by atomic mass is 16.5. The van der Waals surface area contributed by atoms with Crippen LogP contribution >= 0.6 is 0 Å². The molecule has 2 aliphatic rings. The fourth-order valence-electron chi connectivity index (χ4n) is 3.16. The average molecular weight is 292 g/mol. The van der Waals surface area contributed by atoms with Crippen molar-refractivity contribution < 1.29 is 4.74 Å². The number of nitrogens with zero attached hydrogens (tertiary/aromatic N) is 2. The molecular weight excluding hydrogens is 272 g/mol. The van der Waals surface area contributed by atoms with Crippen LogP contribution in [0, 0.1) is 0 Å². The van der Waals surface area contributed by atoms with E-state index in [-0.39, 0.29) is 0 Å². The molecule has 1 aromatic heterocycles. The van der Waals surface area contributed by atoms with Gasteiger partial charge in [0.2, 0.25) is 5.88 Å². The molecule has 0 spiro atoms. The number of fused-ring (bicyclic) bond motifs is 1. The standard InChI is InChI=1S/C19H20N2O/c1-2-9-18-15(6-1)10-11-19(20-18)22-17-8-5-7-16(14-17)21-12-3-4-13-21/h5-11,14H,1-4,12-13H2. The second-order valence-electron chi connectivity index (χ2n) is 5.90. The van der Waals surface area contributed by atoms with Gasteiger partial charge < -0.3 is 9.64 Å². The van der Waals surface area contributed by atoms with E-state index in [0.717, 1.165) is 37.0 Å². The van der Waals surface area contributed by atoms with Crippen molar-refractivity contribution in [3.05, 3.63) is 47.0 Å². The molecule has 0 saturated carbocycles. The van der Waals surface area contributed by atoms with Gasteiger partial charge in [0.25, 0.3) is 0 Å². The Kier molecular flexibility index (Phi) is 3.55. The molecule has 3 nitrogen and oxygen atoms in total. The van der Waals surface area contributed by atoms with Crippen molar-refractivity contribution in [1.82, 2.24) is 4.98 Å². The summed E-state index contributed by atoms with van der Waals surface area (Å²) in [4.78, 5) is 7.03. The first-order valence-corrected chi connectivity index (χ1v) is 8.09. The van der Waals surface area contributed by atoms with Crippen LogP contribution in [0.15, 0.2) is 36.4 Å². The van der Waals surface area contributed by atoms with Crippen LogP contribution in [0.1, 0.15) is 25.7 Å². The summed E-state index contributed by atoms with van der Waals surface area (Å²) >= 11 is 0. The molecule has 2 aromatic rings. The largest absolute Gasteiger partial charge is 0.439 e. The van der Waals surface area contributed by atoms with Crippen molar-refractivity contribution in [2.45, 2.75) is 25.7 Å². The molecule has 1 aliphatic heterocycles. The van der Waals surface area contributed by atoms with Crippen molar-refractivity contribution >= 4 is 17.8 Å². The maximum absolute atomic E-state index is 5.97. The van der Waals surface area contributed by atoms with Gasteiger partial charge in [0, 0.05) is 30.9 Å². The van der Waals surface area contributed by atoms with Gasteiger partial charge in [0.05, 0.1) is 5.35 Å². The lowest BCUT2D eigenvalue weighted by Crippen LogP contribution is -2.29. The van der Waals surface area contributed by atoms with Crippen LogP contribution in [-0.4, -0.2) is 18.1 Å². The lowest BCUT2D eigenvalue weighted by Gasteiger charge is -2.18. The van der Waals surface area contributed by atoms with E-state index in [1.54, 1.807) is 0 Å². The SMILES string of the molecule is C1=c2ccc(Oc3cccc(N4CCCC4)c3)nc2=CCC1. The molecule has 22 heavy (non-hydrogen) atoms. The predicted octanol–water partition coefficient (Wildman–Crippen LogP) is 2.83. The van der Waals surface area contributed by atoms with Gasteiger partial charge in [0.15, 0.2) is 0 Å². The molecule has 1 aromatic carbocycles. The van der Waals surface area contributed by atoms with E-state index >= 15 is 0 Å². The summed E-state index contributed by atoms with van der Waals surface area (Å²) in [7, 11) is 0. The Morgan fingerprint density at radius 3 is 2.73 bits per heavy atom. The van der Waals surface area contributed by atoms with Crippen LogP contribution in [-0.2, 0) is 0 Å². The van der Waals surface area contributed by atoms with Crippen LogP contribution in [0.4, 0.5) is 5.69 Å². The summed E-state index contributed by atoms with van der Waals surface area (Å²) in [5, 5.41) is 2.25. The summed E-state index contributed by atoms with van der Waals surface area (Å²) in [5.41, 5.74) is 1.24. The molecule has 3 heteroatoms. The molecule has 2 heterocycles. The third kappa shape index (κ3) is 2.71. The quantitative estimate of drug-likeness (QED) is 0.870. The number of hydrogen-bond donors (Lipinski definition) is 0. The summed E-state index contributed by atoms with van der Waals surface area (Å²) in [5.74, 6) is 1.53. The summed E-state index contributed by atoms with van der Waals surface area (Å²) < 4.78 is 5.97. The molecular formula is C19H20N2O. The maximum atomic E-state index is 5.97. The number of rotatable bonds is 3. The van der Waals surface area contributed by atoms with Crippen molar-refractivity contribution in [2.75, 3.05) is 18.0 Å². The molecule has 4 rings (SSSR count). The molecule has 0 amide bonds. The van der Waals surface area contributed by atoms with E-state index in [1.165, 1.54) is 23.7 Å². The van der Waals surface area contributed by atoms with E-state index < -0.39 is 0 Å². The number of benzene rings is 1. The zero-order valence-corrected chi connectivity index (χ0v) is 12.7. The average Bonchev–Trinajstić information content (AvgIpc) is 3.10. The third-order valence-corrected chi connectivity index (χ3v) is 4.31. The maximum Gasteiger partial charge on any atom is 0.219 e. The summed E-state index contributed by atoms with van der Waals surface area (Å²) in [6.07, 6.45) is 9.15. The number of hydrogen-bond acceptors (Lipinski definition) is 3. The van der Waals surface area contributed by atoms with Gasteiger partial charge in [-0.3, -0.25) is 0 Å². The van der Waals surface area contributed by atoms with Crippen LogP contribution < -0.4 is 20.2 Å². The summed E-state index contributed by atoms with van der Waals surface area (Å²) in [6, 6.07) is 12.4. The monoisotopic (exact) mass is 292 g/mol. The minimum atomic E-state index is 0.670. The van der Waals surface area contributed by atoms with Crippen molar-refractivity contribution in [1.29, 1.82) is 0 Å². The van der Waals surface area contributed by atoms with E-state index in [1.807, 2.05) is 12.1 Å². The van der Waals surface area contributed by atoms with Gasteiger partial charge in [0.1, 0.15) is 5.75 Å². The zero-order valence-electron chi connectivity index (χ0n) is 12.7. The smallest absolute Gasteiger partial charge is 0.219 e. The fourth-order valence-corrected chi connectivity index (χ4v) is 3.16. The van der Waals surface area contributed by atoms with Crippen LogP contribution in [0.3, 0.4) is 0 Å². The lowest BCUT2D eigenvalue weighted by atomic mass is 10.1. The molecule has 0 atom stereocenters.